The summed E-state index contributed by atoms with van der Waals surface area (Å²) >= 11 is 0. The fourth-order valence-electron chi connectivity index (χ4n) is 1.45. The number of hydrogen-bond acceptors (Lipinski definition) is 2. The number of alkyl halides is 3. The van der Waals surface area contributed by atoms with E-state index in [1.54, 1.807) is 0 Å². The number of nitrogens with two attached hydrogens (primary N) is 1. The zero-order valence-electron chi connectivity index (χ0n) is 9.34. The molecule has 0 aliphatic rings. The second-order valence-electron chi connectivity index (χ2n) is 3.82. The first-order valence-corrected chi connectivity index (χ1v) is 4.90. The molecule has 0 unspecified atom stereocenters. The first-order chi connectivity index (χ1) is 7.70. The Labute approximate surface area is 96.4 Å². The van der Waals surface area contributed by atoms with Crippen molar-refractivity contribution in [3.8, 4) is 5.75 Å². The Bertz CT molecular complexity index is 427. The van der Waals surface area contributed by atoms with Gasteiger partial charge in [0.25, 0.3) is 0 Å². The maximum atomic E-state index is 12.0. The van der Waals surface area contributed by atoms with Gasteiger partial charge in [0.2, 0.25) is 5.91 Å². The van der Waals surface area contributed by atoms with Gasteiger partial charge in [-0.1, -0.05) is 19.9 Å². The lowest BCUT2D eigenvalue weighted by atomic mass is 9.96. The Morgan fingerprint density at radius 3 is 2.35 bits per heavy atom. The summed E-state index contributed by atoms with van der Waals surface area (Å²) < 4.78 is 39.7. The second kappa shape index (κ2) is 4.65. The average Bonchev–Trinajstić information content (AvgIpc) is 2.14. The van der Waals surface area contributed by atoms with Crippen molar-refractivity contribution in [3.05, 3.63) is 29.3 Å². The Balaban J connectivity index is 3.15. The minimum atomic E-state index is -4.78. The maximum absolute atomic E-state index is 12.0. The van der Waals surface area contributed by atoms with Gasteiger partial charge in [0, 0.05) is 5.56 Å². The van der Waals surface area contributed by atoms with Gasteiger partial charge in [-0.15, -0.1) is 13.2 Å². The quantitative estimate of drug-likeness (QED) is 0.892. The van der Waals surface area contributed by atoms with E-state index in [4.69, 9.17) is 5.73 Å². The van der Waals surface area contributed by atoms with E-state index in [0.717, 1.165) is 12.1 Å². The monoisotopic (exact) mass is 247 g/mol. The Morgan fingerprint density at radius 2 is 1.94 bits per heavy atom. The molecule has 0 fully saturated rings. The van der Waals surface area contributed by atoms with E-state index in [2.05, 4.69) is 4.74 Å². The largest absolute Gasteiger partial charge is 0.573 e. The molecule has 3 nitrogen and oxygen atoms in total. The van der Waals surface area contributed by atoms with Crippen LogP contribution >= 0.6 is 0 Å². The van der Waals surface area contributed by atoms with Gasteiger partial charge in [-0.05, 0) is 23.6 Å². The number of carbonyl (C=O) groups is 1. The summed E-state index contributed by atoms with van der Waals surface area (Å²) in [5, 5.41) is 0. The molecule has 0 bridgehead atoms. The number of benzene rings is 1. The second-order valence-corrected chi connectivity index (χ2v) is 3.82. The summed E-state index contributed by atoms with van der Waals surface area (Å²) in [7, 11) is 0. The number of carbonyl (C=O) groups excluding carboxylic acids is 1. The zero-order chi connectivity index (χ0) is 13.2. The van der Waals surface area contributed by atoms with Gasteiger partial charge in [-0.25, -0.2) is 0 Å². The van der Waals surface area contributed by atoms with Crippen molar-refractivity contribution in [2.75, 3.05) is 0 Å². The zero-order valence-corrected chi connectivity index (χ0v) is 9.34. The summed E-state index contributed by atoms with van der Waals surface area (Å²) in [6.07, 6.45) is -4.78. The fourth-order valence-corrected chi connectivity index (χ4v) is 1.45. The SMILES string of the molecule is CC(C)c1ccc(OC(F)(F)F)cc1C(N)=O. The summed E-state index contributed by atoms with van der Waals surface area (Å²) in [5.41, 5.74) is 5.74. The summed E-state index contributed by atoms with van der Waals surface area (Å²) in [4.78, 5) is 11.1. The highest BCUT2D eigenvalue weighted by Gasteiger charge is 2.31. The molecular weight excluding hydrogens is 235 g/mol. The van der Waals surface area contributed by atoms with Crippen molar-refractivity contribution in [2.24, 2.45) is 5.73 Å². The minimum absolute atomic E-state index is 0.0163. The topological polar surface area (TPSA) is 52.3 Å². The van der Waals surface area contributed by atoms with Crippen LogP contribution in [0.3, 0.4) is 0 Å². The van der Waals surface area contributed by atoms with Crippen LogP contribution in [0.15, 0.2) is 18.2 Å². The third-order valence-corrected chi connectivity index (χ3v) is 2.15. The molecule has 0 aliphatic carbocycles. The Hall–Kier alpha value is -1.72. The summed E-state index contributed by atoms with van der Waals surface area (Å²) in [6.45, 7) is 3.62. The number of ether oxygens (including phenoxy) is 1. The normalized spacial score (nSPS) is 11.6. The van der Waals surface area contributed by atoms with Crippen molar-refractivity contribution in [1.82, 2.24) is 0 Å². The Morgan fingerprint density at radius 1 is 1.35 bits per heavy atom. The third kappa shape index (κ3) is 3.65. The molecule has 0 heterocycles. The van der Waals surface area contributed by atoms with Gasteiger partial charge in [0.05, 0.1) is 0 Å². The average molecular weight is 247 g/mol. The van der Waals surface area contributed by atoms with Crippen molar-refractivity contribution in [1.29, 1.82) is 0 Å². The van der Waals surface area contributed by atoms with Crippen LogP contribution in [0.25, 0.3) is 0 Å². The molecule has 94 valence electrons. The molecule has 0 saturated heterocycles. The van der Waals surface area contributed by atoms with Gasteiger partial charge >= 0.3 is 6.36 Å². The van der Waals surface area contributed by atoms with Gasteiger partial charge < -0.3 is 10.5 Å². The van der Waals surface area contributed by atoms with Gasteiger partial charge in [-0.3, -0.25) is 4.79 Å². The lowest BCUT2D eigenvalue weighted by Gasteiger charge is -2.13. The molecule has 0 saturated carbocycles. The molecule has 17 heavy (non-hydrogen) atoms. The summed E-state index contributed by atoms with van der Waals surface area (Å²) in [5.74, 6) is -1.24. The smallest absolute Gasteiger partial charge is 0.406 e. The van der Waals surface area contributed by atoms with Crippen LogP contribution in [0.5, 0.6) is 5.75 Å². The molecule has 0 aliphatic heterocycles. The van der Waals surface area contributed by atoms with E-state index in [-0.39, 0.29) is 11.5 Å². The predicted molar refractivity (Wildman–Crippen MR) is 55.7 cm³/mol. The van der Waals surface area contributed by atoms with E-state index in [1.165, 1.54) is 6.07 Å². The van der Waals surface area contributed by atoms with E-state index >= 15 is 0 Å². The minimum Gasteiger partial charge on any atom is -0.406 e. The Kier molecular flexibility index (Phi) is 3.65. The standard InChI is InChI=1S/C11H12F3NO2/c1-6(2)8-4-3-7(17-11(12,13)14)5-9(8)10(15)16/h3-6H,1-2H3,(H2,15,16). The maximum Gasteiger partial charge on any atom is 0.573 e. The van der Waals surface area contributed by atoms with Crippen molar-refractivity contribution >= 4 is 5.91 Å². The van der Waals surface area contributed by atoms with Crippen molar-refractivity contribution in [3.63, 3.8) is 0 Å². The first-order valence-electron chi connectivity index (χ1n) is 4.90. The van der Waals surface area contributed by atoms with Crippen LogP contribution in [0.4, 0.5) is 13.2 Å². The number of rotatable bonds is 3. The van der Waals surface area contributed by atoms with Gasteiger partial charge in [-0.2, -0.15) is 0 Å². The molecule has 0 aromatic heterocycles. The van der Waals surface area contributed by atoms with E-state index in [0.29, 0.717) is 5.56 Å². The molecule has 0 spiro atoms. The van der Waals surface area contributed by atoms with E-state index in [9.17, 15) is 18.0 Å². The molecule has 1 aromatic carbocycles. The fraction of sp³-hybridized carbons (Fsp3) is 0.364. The molecule has 0 atom stereocenters. The highest BCUT2D eigenvalue weighted by atomic mass is 19.4. The lowest BCUT2D eigenvalue weighted by molar-refractivity contribution is -0.274. The predicted octanol–water partition coefficient (Wildman–Crippen LogP) is 2.81. The van der Waals surface area contributed by atoms with Gasteiger partial charge in [0.1, 0.15) is 5.75 Å². The van der Waals surface area contributed by atoms with Crippen LogP contribution in [0.2, 0.25) is 0 Å². The van der Waals surface area contributed by atoms with Crippen LogP contribution in [-0.4, -0.2) is 12.3 Å². The van der Waals surface area contributed by atoms with E-state index < -0.39 is 18.0 Å². The number of primary amides is 1. The summed E-state index contributed by atoms with van der Waals surface area (Å²) in [6, 6.07) is 3.58. The third-order valence-electron chi connectivity index (χ3n) is 2.15. The molecule has 1 aromatic rings. The number of halogens is 3. The number of amides is 1. The van der Waals surface area contributed by atoms with E-state index in [1.807, 2.05) is 13.8 Å². The highest BCUT2D eigenvalue weighted by molar-refractivity contribution is 5.95. The molecular formula is C11H12F3NO2. The van der Waals surface area contributed by atoms with Crippen LogP contribution in [-0.2, 0) is 0 Å². The highest BCUT2D eigenvalue weighted by Crippen LogP contribution is 2.27. The molecule has 1 amide bonds. The van der Waals surface area contributed by atoms with Crippen molar-refractivity contribution < 1.29 is 22.7 Å². The first kappa shape index (κ1) is 13.3. The van der Waals surface area contributed by atoms with Gasteiger partial charge in [0.15, 0.2) is 0 Å². The van der Waals surface area contributed by atoms with Crippen molar-refractivity contribution in [2.45, 2.75) is 26.1 Å². The lowest BCUT2D eigenvalue weighted by Crippen LogP contribution is -2.19. The van der Waals surface area contributed by atoms with Crippen LogP contribution in [0.1, 0.15) is 35.7 Å². The molecule has 1 rings (SSSR count). The molecule has 2 N–H and O–H groups in total. The molecule has 6 heteroatoms. The number of hydrogen-bond donors (Lipinski definition) is 1. The van der Waals surface area contributed by atoms with Crippen LogP contribution < -0.4 is 10.5 Å². The van der Waals surface area contributed by atoms with Crippen LogP contribution in [0, 0.1) is 0 Å². The molecule has 0 radical (unpaired) electrons.